The van der Waals surface area contributed by atoms with E-state index in [9.17, 15) is 0 Å². The molecule has 3 N–H and O–H groups in total. The second-order valence-electron chi connectivity index (χ2n) is 13.6. The fraction of sp³-hybridized carbons (Fsp3) is 0.488. The summed E-state index contributed by atoms with van der Waals surface area (Å²) in [6.45, 7) is 4.31. The van der Waals surface area contributed by atoms with Crippen molar-refractivity contribution in [2.45, 2.75) is 96.4 Å². The lowest BCUT2D eigenvalue weighted by atomic mass is 9.76. The lowest BCUT2D eigenvalue weighted by Gasteiger charge is -2.33. The summed E-state index contributed by atoms with van der Waals surface area (Å²) in [7, 11) is 0. The van der Waals surface area contributed by atoms with E-state index in [4.69, 9.17) is 5.73 Å². The van der Waals surface area contributed by atoms with Gasteiger partial charge in [0, 0.05) is 31.3 Å². The highest BCUT2D eigenvalue weighted by Crippen LogP contribution is 2.39. The Bertz CT molecular complexity index is 1400. The van der Waals surface area contributed by atoms with E-state index in [1.54, 1.807) is 28.5 Å². The van der Waals surface area contributed by atoms with Gasteiger partial charge in [-0.3, -0.25) is 4.99 Å². The molecule has 3 heteroatoms. The molecule has 0 aromatic carbocycles. The van der Waals surface area contributed by atoms with Gasteiger partial charge in [0.05, 0.1) is 0 Å². The maximum Gasteiger partial charge on any atom is 0.0394 e. The van der Waals surface area contributed by atoms with Gasteiger partial charge < -0.3 is 11.1 Å². The van der Waals surface area contributed by atoms with E-state index in [1.807, 2.05) is 0 Å². The third-order valence-corrected chi connectivity index (χ3v) is 10.8. The smallest absolute Gasteiger partial charge is 0.0394 e. The highest BCUT2D eigenvalue weighted by Gasteiger charge is 2.27. The molecule has 0 fully saturated rings. The number of unbranched alkanes of at least 4 members (excludes halogenated alkanes) is 1. The maximum absolute atomic E-state index is 5.55. The summed E-state index contributed by atoms with van der Waals surface area (Å²) in [4.78, 5) is 4.50. The lowest BCUT2D eigenvalue weighted by molar-refractivity contribution is 0.330. The molecule has 6 aliphatic rings. The predicted octanol–water partition coefficient (Wildman–Crippen LogP) is 9.48. The quantitative estimate of drug-likeness (QED) is 0.198. The number of aliphatic imine (C=N–C) groups is 1. The van der Waals surface area contributed by atoms with Crippen molar-refractivity contribution in [3.8, 4) is 0 Å². The van der Waals surface area contributed by atoms with Crippen LogP contribution in [-0.4, -0.2) is 25.3 Å². The second kappa shape index (κ2) is 15.2. The number of hydrogen-bond acceptors (Lipinski definition) is 3. The van der Waals surface area contributed by atoms with E-state index in [2.05, 4.69) is 90.3 Å². The number of allylic oxidation sites excluding steroid dienone is 16. The van der Waals surface area contributed by atoms with Crippen molar-refractivity contribution < 1.29 is 0 Å². The Hall–Kier alpha value is -3.17. The zero-order valence-electron chi connectivity index (χ0n) is 26.9. The fourth-order valence-corrected chi connectivity index (χ4v) is 8.11. The molecule has 0 radical (unpaired) electrons. The van der Waals surface area contributed by atoms with Gasteiger partial charge in [0.1, 0.15) is 0 Å². The van der Waals surface area contributed by atoms with Crippen LogP contribution < -0.4 is 11.1 Å². The third kappa shape index (κ3) is 7.54. The molecule has 4 unspecified atom stereocenters. The average Bonchev–Trinajstić information content (AvgIpc) is 3.63. The summed E-state index contributed by atoms with van der Waals surface area (Å²) < 4.78 is 0. The molecular weight excluding hydrogens is 534 g/mol. The molecule has 5 aliphatic carbocycles. The van der Waals surface area contributed by atoms with Gasteiger partial charge in [0.25, 0.3) is 0 Å². The Morgan fingerprint density at radius 3 is 2.66 bits per heavy atom. The monoisotopic (exact) mass is 587 g/mol. The number of nitrogens with zero attached hydrogens (tertiary/aromatic N) is 1. The van der Waals surface area contributed by atoms with Crippen molar-refractivity contribution in [1.82, 2.24) is 5.32 Å². The van der Waals surface area contributed by atoms with Crippen LogP contribution in [0.4, 0.5) is 0 Å². The molecule has 1 heterocycles. The summed E-state index contributed by atoms with van der Waals surface area (Å²) >= 11 is 0. The van der Waals surface area contributed by atoms with Crippen LogP contribution in [0.2, 0.25) is 0 Å². The van der Waals surface area contributed by atoms with Gasteiger partial charge in [-0.05, 0) is 142 Å². The topological polar surface area (TPSA) is 50.4 Å². The normalized spacial score (nSPS) is 30.6. The van der Waals surface area contributed by atoms with Crippen molar-refractivity contribution >= 4 is 6.21 Å². The van der Waals surface area contributed by atoms with Crippen LogP contribution in [-0.2, 0) is 0 Å². The molecule has 0 saturated carbocycles. The summed E-state index contributed by atoms with van der Waals surface area (Å²) in [5, 5.41) is 4.05. The van der Waals surface area contributed by atoms with Gasteiger partial charge in [-0.25, -0.2) is 0 Å². The first kappa shape index (κ1) is 30.8. The molecule has 0 saturated heterocycles. The number of nitrogens with one attached hydrogen (secondary N) is 1. The minimum absolute atomic E-state index is 0.459. The van der Waals surface area contributed by atoms with E-state index in [-0.39, 0.29) is 0 Å². The SMILES string of the molecule is C/C(C1=CC=C(C2C=NCC2)CC1)=C1/C=CCC/C1=C(/CNC1C=CC2C=CCCC2C1)C1=CC=C(CCC/C=C\N)CC1. The van der Waals surface area contributed by atoms with Crippen LogP contribution in [0.15, 0.2) is 123 Å². The lowest BCUT2D eigenvalue weighted by Crippen LogP contribution is -2.36. The molecule has 3 nitrogen and oxygen atoms in total. The zero-order chi connectivity index (χ0) is 30.1. The molecule has 0 bridgehead atoms. The number of rotatable bonds is 10. The van der Waals surface area contributed by atoms with E-state index in [1.165, 1.54) is 67.2 Å². The van der Waals surface area contributed by atoms with Crippen LogP contribution in [0.25, 0.3) is 0 Å². The summed E-state index contributed by atoms with van der Waals surface area (Å²) in [5.41, 5.74) is 17.8. The molecule has 0 aromatic rings. The van der Waals surface area contributed by atoms with Gasteiger partial charge in [0.2, 0.25) is 0 Å². The molecule has 4 atom stereocenters. The van der Waals surface area contributed by atoms with E-state index < -0.39 is 0 Å². The highest BCUT2D eigenvalue weighted by atomic mass is 14.9. The Morgan fingerprint density at radius 1 is 0.955 bits per heavy atom. The minimum Gasteiger partial charge on any atom is -0.405 e. The van der Waals surface area contributed by atoms with Gasteiger partial charge in [0.15, 0.2) is 0 Å². The number of hydrogen-bond donors (Lipinski definition) is 2. The van der Waals surface area contributed by atoms with Gasteiger partial charge >= 0.3 is 0 Å². The Kier molecular flexibility index (Phi) is 10.7. The molecule has 44 heavy (non-hydrogen) atoms. The van der Waals surface area contributed by atoms with Crippen LogP contribution in [0.1, 0.15) is 90.4 Å². The first-order valence-corrected chi connectivity index (χ1v) is 17.5. The van der Waals surface area contributed by atoms with Crippen LogP contribution in [0, 0.1) is 17.8 Å². The van der Waals surface area contributed by atoms with Crippen molar-refractivity contribution in [1.29, 1.82) is 0 Å². The number of nitrogens with two attached hydrogens (primary N) is 1. The average molecular weight is 588 g/mol. The third-order valence-electron chi connectivity index (χ3n) is 10.8. The molecule has 0 aromatic heterocycles. The summed E-state index contributed by atoms with van der Waals surface area (Å²) in [6.07, 6.45) is 45.5. The van der Waals surface area contributed by atoms with Crippen LogP contribution in [0.3, 0.4) is 0 Å². The maximum atomic E-state index is 5.55. The molecule has 1 aliphatic heterocycles. The highest BCUT2D eigenvalue weighted by molar-refractivity contribution is 5.68. The first-order valence-electron chi connectivity index (χ1n) is 17.5. The standard InChI is InChI=1S/C41H53N3/c1-30(32-18-20-34(21-19-32)37-24-26-43-28-37)39-12-6-7-13-40(39)41(35-16-14-31(15-17-35)9-3-2-8-25-42)29-44-38-23-22-33-10-4-5-11-36(33)27-38/h4,6,8,10,12,14,16,18,20,22-23,25,28,33,36-38,44H,2-3,5,7,9,11,13,15,17,19,21,24,26-27,29,42H2,1H3/b25-8-,39-30+,41-40+. The Labute approximate surface area is 266 Å². The van der Waals surface area contributed by atoms with Crippen molar-refractivity contribution in [2.24, 2.45) is 28.5 Å². The van der Waals surface area contributed by atoms with Crippen LogP contribution in [0.5, 0.6) is 0 Å². The zero-order valence-corrected chi connectivity index (χ0v) is 26.9. The van der Waals surface area contributed by atoms with Crippen LogP contribution >= 0.6 is 0 Å². The fourth-order valence-electron chi connectivity index (χ4n) is 8.11. The molecule has 232 valence electrons. The van der Waals surface area contributed by atoms with Crippen molar-refractivity contribution in [3.63, 3.8) is 0 Å². The first-order chi connectivity index (χ1) is 21.7. The Morgan fingerprint density at radius 2 is 1.86 bits per heavy atom. The van der Waals surface area contributed by atoms with E-state index in [0.717, 1.165) is 57.5 Å². The van der Waals surface area contributed by atoms with Crippen molar-refractivity contribution in [3.05, 3.63) is 118 Å². The summed E-state index contributed by atoms with van der Waals surface area (Å²) in [5.74, 6) is 1.99. The predicted molar refractivity (Wildman–Crippen MR) is 188 cm³/mol. The van der Waals surface area contributed by atoms with Gasteiger partial charge in [-0.15, -0.1) is 0 Å². The second-order valence-corrected chi connectivity index (χ2v) is 13.6. The number of fused-ring (bicyclic) bond motifs is 1. The van der Waals surface area contributed by atoms with E-state index in [0.29, 0.717) is 17.9 Å². The largest absolute Gasteiger partial charge is 0.405 e. The minimum atomic E-state index is 0.459. The molecular formula is C41H53N3. The molecule has 0 spiro atoms. The van der Waals surface area contributed by atoms with Gasteiger partial charge in [-0.1, -0.05) is 78.0 Å². The molecule has 0 amide bonds. The Balaban J connectivity index is 1.28. The van der Waals surface area contributed by atoms with E-state index >= 15 is 0 Å². The van der Waals surface area contributed by atoms with Gasteiger partial charge in [-0.2, -0.15) is 0 Å². The van der Waals surface area contributed by atoms with Crippen molar-refractivity contribution in [2.75, 3.05) is 13.1 Å². The molecule has 6 rings (SSSR count). The summed E-state index contributed by atoms with van der Waals surface area (Å²) in [6, 6.07) is 0.459.